The van der Waals surface area contributed by atoms with Crippen LogP contribution in [0.3, 0.4) is 0 Å². The van der Waals surface area contributed by atoms with Crippen molar-refractivity contribution in [3.05, 3.63) is 60.3 Å². The van der Waals surface area contributed by atoms with Gasteiger partial charge in [0.05, 0.1) is 5.75 Å². The van der Waals surface area contributed by atoms with Crippen molar-refractivity contribution >= 4 is 23.3 Å². The molecule has 0 N–H and O–H groups in total. The van der Waals surface area contributed by atoms with E-state index < -0.39 is 0 Å². The normalized spacial score (nSPS) is 10.8. The van der Waals surface area contributed by atoms with Gasteiger partial charge in [0, 0.05) is 19.3 Å². The molecule has 23 heavy (non-hydrogen) atoms. The molecule has 0 aliphatic rings. The van der Waals surface area contributed by atoms with Crippen LogP contribution in [0.2, 0.25) is 0 Å². The van der Waals surface area contributed by atoms with Gasteiger partial charge in [0.2, 0.25) is 5.91 Å². The number of nitrogens with zero attached hydrogens (tertiary/aromatic N) is 4. The van der Waals surface area contributed by atoms with Gasteiger partial charge in [-0.3, -0.25) is 9.20 Å². The molecule has 0 aliphatic carbocycles. The van der Waals surface area contributed by atoms with E-state index in [2.05, 4.69) is 10.2 Å². The summed E-state index contributed by atoms with van der Waals surface area (Å²) >= 11 is 1.42. The Morgan fingerprint density at radius 2 is 1.91 bits per heavy atom. The van der Waals surface area contributed by atoms with Crippen molar-refractivity contribution in [3.63, 3.8) is 0 Å². The number of fused-ring (bicyclic) bond motifs is 1. The smallest absolute Gasteiger partial charge is 0.233 e. The predicted molar refractivity (Wildman–Crippen MR) is 91.2 cm³/mol. The quantitative estimate of drug-likeness (QED) is 0.654. The average molecular weight is 326 g/mol. The Kier molecular flexibility index (Phi) is 4.92. The third kappa shape index (κ3) is 3.71. The summed E-state index contributed by atoms with van der Waals surface area (Å²) < 4.78 is 1.89. The summed E-state index contributed by atoms with van der Waals surface area (Å²) in [6.07, 6.45) is 1.91. The van der Waals surface area contributed by atoms with E-state index in [0.29, 0.717) is 18.8 Å². The molecule has 5 nitrogen and oxygen atoms in total. The van der Waals surface area contributed by atoms with Gasteiger partial charge in [-0.25, -0.2) is 0 Å². The fourth-order valence-corrected chi connectivity index (χ4v) is 3.14. The minimum Gasteiger partial charge on any atom is -0.338 e. The van der Waals surface area contributed by atoms with E-state index >= 15 is 0 Å². The van der Waals surface area contributed by atoms with Crippen LogP contribution in [0.25, 0.3) is 5.65 Å². The molecule has 0 saturated carbocycles. The number of carbonyl (C=O) groups excluding carboxylic acids is 1. The van der Waals surface area contributed by atoms with Crippen LogP contribution in [-0.4, -0.2) is 37.7 Å². The number of rotatable bonds is 6. The molecule has 0 fully saturated rings. The zero-order valence-electron chi connectivity index (χ0n) is 12.9. The second-order valence-electron chi connectivity index (χ2n) is 5.09. The average Bonchev–Trinajstić information content (AvgIpc) is 3.01. The van der Waals surface area contributed by atoms with Gasteiger partial charge in [-0.2, -0.15) is 0 Å². The molecule has 0 spiro atoms. The first-order valence-electron chi connectivity index (χ1n) is 7.52. The maximum atomic E-state index is 12.5. The highest BCUT2D eigenvalue weighted by atomic mass is 32.2. The first-order valence-corrected chi connectivity index (χ1v) is 8.50. The SMILES string of the molecule is CCN(Cc1ccccc1)C(=O)CSc1nnc2ccccn12. The molecule has 3 rings (SSSR count). The molecule has 1 aromatic carbocycles. The highest BCUT2D eigenvalue weighted by Gasteiger charge is 2.14. The summed E-state index contributed by atoms with van der Waals surface area (Å²) in [4.78, 5) is 14.3. The fraction of sp³-hybridized carbons (Fsp3) is 0.235. The van der Waals surface area contributed by atoms with E-state index in [0.717, 1.165) is 16.4 Å². The van der Waals surface area contributed by atoms with E-state index in [9.17, 15) is 4.79 Å². The minimum absolute atomic E-state index is 0.106. The van der Waals surface area contributed by atoms with Crippen molar-refractivity contribution in [2.45, 2.75) is 18.6 Å². The van der Waals surface area contributed by atoms with Crippen LogP contribution in [0.1, 0.15) is 12.5 Å². The number of hydrogen-bond donors (Lipinski definition) is 0. The van der Waals surface area contributed by atoms with Crippen LogP contribution < -0.4 is 0 Å². The number of pyridine rings is 1. The first kappa shape index (κ1) is 15.6. The Bertz CT molecular complexity index is 787. The lowest BCUT2D eigenvalue weighted by Gasteiger charge is -2.20. The van der Waals surface area contributed by atoms with E-state index in [1.807, 2.05) is 71.0 Å². The predicted octanol–water partition coefficient (Wildman–Crippen LogP) is 2.87. The van der Waals surface area contributed by atoms with Crippen LogP contribution in [0.5, 0.6) is 0 Å². The summed E-state index contributed by atoms with van der Waals surface area (Å²) in [5.74, 6) is 0.463. The van der Waals surface area contributed by atoms with Crippen molar-refractivity contribution in [3.8, 4) is 0 Å². The molecule has 2 heterocycles. The summed E-state index contributed by atoms with van der Waals surface area (Å²) in [6.45, 7) is 3.32. The van der Waals surface area contributed by atoms with Crippen LogP contribution >= 0.6 is 11.8 Å². The molecule has 6 heteroatoms. The Balaban J connectivity index is 1.63. The lowest BCUT2D eigenvalue weighted by molar-refractivity contribution is -0.128. The summed E-state index contributed by atoms with van der Waals surface area (Å²) in [7, 11) is 0. The summed E-state index contributed by atoms with van der Waals surface area (Å²) in [5.41, 5.74) is 1.93. The fourth-order valence-electron chi connectivity index (χ4n) is 2.32. The number of hydrogen-bond acceptors (Lipinski definition) is 4. The van der Waals surface area contributed by atoms with Crippen molar-refractivity contribution in [1.29, 1.82) is 0 Å². The molecule has 3 aromatic rings. The second kappa shape index (κ2) is 7.28. The third-order valence-electron chi connectivity index (χ3n) is 3.56. The molecule has 0 unspecified atom stereocenters. The first-order chi connectivity index (χ1) is 11.3. The second-order valence-corrected chi connectivity index (χ2v) is 6.04. The van der Waals surface area contributed by atoms with Crippen LogP contribution in [0.4, 0.5) is 0 Å². The van der Waals surface area contributed by atoms with Crippen LogP contribution in [-0.2, 0) is 11.3 Å². The van der Waals surface area contributed by atoms with Crippen molar-refractivity contribution in [1.82, 2.24) is 19.5 Å². The van der Waals surface area contributed by atoms with Gasteiger partial charge in [-0.15, -0.1) is 10.2 Å². The molecule has 118 valence electrons. The molecule has 0 bridgehead atoms. The maximum Gasteiger partial charge on any atom is 0.233 e. The van der Waals surface area contributed by atoms with E-state index in [-0.39, 0.29) is 5.91 Å². The van der Waals surface area contributed by atoms with Gasteiger partial charge in [-0.1, -0.05) is 48.2 Å². The molecule has 0 saturated heterocycles. The Morgan fingerprint density at radius 1 is 1.13 bits per heavy atom. The molecule has 1 amide bonds. The van der Waals surface area contributed by atoms with Gasteiger partial charge < -0.3 is 4.90 Å². The molecule has 0 aliphatic heterocycles. The van der Waals surface area contributed by atoms with Crippen molar-refractivity contribution in [2.75, 3.05) is 12.3 Å². The third-order valence-corrected chi connectivity index (χ3v) is 4.49. The van der Waals surface area contributed by atoms with Crippen molar-refractivity contribution in [2.24, 2.45) is 0 Å². The molecule has 0 radical (unpaired) electrons. The maximum absolute atomic E-state index is 12.5. The standard InChI is InChI=1S/C17H18N4OS/c1-2-20(12-14-8-4-3-5-9-14)16(22)13-23-17-19-18-15-10-6-7-11-21(15)17/h3-11H,2,12-13H2,1H3. The highest BCUT2D eigenvalue weighted by molar-refractivity contribution is 7.99. The summed E-state index contributed by atoms with van der Waals surface area (Å²) in [5, 5.41) is 8.98. The van der Waals surface area contributed by atoms with E-state index in [4.69, 9.17) is 0 Å². The van der Waals surface area contributed by atoms with Gasteiger partial charge in [0.15, 0.2) is 10.8 Å². The minimum atomic E-state index is 0.106. The van der Waals surface area contributed by atoms with Crippen LogP contribution in [0.15, 0.2) is 59.9 Å². The van der Waals surface area contributed by atoms with Gasteiger partial charge in [0.25, 0.3) is 0 Å². The van der Waals surface area contributed by atoms with Crippen molar-refractivity contribution < 1.29 is 4.79 Å². The molecular formula is C17H18N4OS. The van der Waals surface area contributed by atoms with Gasteiger partial charge in [0.1, 0.15) is 0 Å². The Labute approximate surface area is 139 Å². The number of thioether (sulfide) groups is 1. The number of aromatic nitrogens is 3. The molecular weight excluding hydrogens is 308 g/mol. The number of benzene rings is 1. The Hall–Kier alpha value is -2.34. The zero-order chi connectivity index (χ0) is 16.1. The highest BCUT2D eigenvalue weighted by Crippen LogP contribution is 2.17. The zero-order valence-corrected chi connectivity index (χ0v) is 13.7. The monoisotopic (exact) mass is 326 g/mol. The number of amides is 1. The molecule has 0 atom stereocenters. The van der Waals surface area contributed by atoms with E-state index in [1.165, 1.54) is 11.8 Å². The topological polar surface area (TPSA) is 50.5 Å². The van der Waals surface area contributed by atoms with Gasteiger partial charge >= 0.3 is 0 Å². The lowest BCUT2D eigenvalue weighted by atomic mass is 10.2. The Morgan fingerprint density at radius 3 is 2.70 bits per heavy atom. The van der Waals surface area contributed by atoms with Gasteiger partial charge in [-0.05, 0) is 24.6 Å². The van der Waals surface area contributed by atoms with E-state index in [1.54, 1.807) is 0 Å². The lowest BCUT2D eigenvalue weighted by Crippen LogP contribution is -2.31. The number of carbonyl (C=O) groups is 1. The molecule has 2 aromatic heterocycles. The summed E-state index contributed by atoms with van der Waals surface area (Å²) in [6, 6.07) is 15.8. The van der Waals surface area contributed by atoms with Crippen LogP contribution in [0, 0.1) is 0 Å². The largest absolute Gasteiger partial charge is 0.338 e.